The first-order valence-corrected chi connectivity index (χ1v) is 36.6. The van der Waals surface area contributed by atoms with Crippen LogP contribution in [0, 0.1) is 45.3 Å². The molecule has 10 bridgehead atoms. The molecule has 0 radical (unpaired) electrons. The third kappa shape index (κ3) is 11.5. The lowest BCUT2D eigenvalue weighted by molar-refractivity contribution is -0.660. The fourth-order valence-corrected chi connectivity index (χ4v) is 21.4. The van der Waals surface area contributed by atoms with Crippen molar-refractivity contribution >= 4 is 29.1 Å². The molecule has 5 aromatic rings. The zero-order valence-corrected chi connectivity index (χ0v) is 61.3. The Hall–Kier alpha value is -5.25. The average molecular weight is 1240 g/mol. The standard InChI is InChI=1S/C18H29N2.C17H27N2.C16H25N2.2C15H23N2/c1-13-14(2)18(5)11-10-17(13,4)15(3)20(18)16-9-7-8-12-19(16)6;1-13-12-16(3)9-10-17(13,4)14(2)19(16)15-8-6-7-11-18(15)5;1-13-15(2)8-10-16(3,11-9-15)18(13)14-7-5-6-12-17(14)4;1-12-15(2)9-7-13(8-10-15)17(12)14-6-4-5-11-16(14)3;1-12-13-7-9-15(2,10-8-13)17(12)14-6-4-5-11-16(14)3/h7-9,12-15H,10-11H2,1-6H3;6-8,11,13-14H,9-10,12H2,1-5H3;5-7,12-13H,8-11H2,1-4H3;2*4-6,11-13H,7-10H2,1-3H3/q5*+1. The van der Waals surface area contributed by atoms with Gasteiger partial charge in [0.2, 0.25) is 0 Å². The van der Waals surface area contributed by atoms with E-state index in [9.17, 15) is 0 Å². The predicted molar refractivity (Wildman–Crippen MR) is 377 cm³/mol. The molecular weight excluding hydrogens is 1110 g/mol. The topological polar surface area (TPSA) is 35.6 Å². The molecule has 91 heavy (non-hydrogen) atoms. The molecule has 10 aliphatic heterocycles. The van der Waals surface area contributed by atoms with Crippen LogP contribution < -0.4 is 47.3 Å². The van der Waals surface area contributed by atoms with Crippen molar-refractivity contribution in [1.29, 1.82) is 0 Å². The minimum absolute atomic E-state index is 0.287. The normalized spacial score (nSPS) is 39.6. The summed E-state index contributed by atoms with van der Waals surface area (Å²) in [6.45, 7) is 39.3. The van der Waals surface area contributed by atoms with Crippen molar-refractivity contribution in [2.45, 2.75) is 278 Å². The SMILES string of the molecule is CC1C(C)C2(C)CCC1(C)C(C)N2c1cccc[n+]1C.CC1C2CCC(C)(CC2)N1c1cccc[n+]1C.CC1CC2(C)CCC1(C)C(C)N2c1cccc[n+]1C.CC1N(c2cccc[n+]2C)C2(C)CCC1(C)CC2.CC1N(c2cccc[n+]2C)C2CCC1(C)CC2. The number of fused-ring (bicyclic) bond motifs is 15. The molecule has 15 heterocycles. The molecule has 0 amide bonds. The Morgan fingerprint density at radius 2 is 0.725 bits per heavy atom. The van der Waals surface area contributed by atoms with Gasteiger partial charge < -0.3 is 0 Å². The minimum Gasteiger partial charge on any atom is -0.256 e. The number of hydrogen-bond donors (Lipinski definition) is 0. The van der Waals surface area contributed by atoms with Crippen molar-refractivity contribution in [2.75, 3.05) is 24.5 Å². The maximum atomic E-state index is 2.72. The summed E-state index contributed by atoms with van der Waals surface area (Å²) in [7, 11) is 10.8. The largest absolute Gasteiger partial charge is 0.276 e. The highest BCUT2D eigenvalue weighted by Gasteiger charge is 2.66. The lowest BCUT2D eigenvalue weighted by atomic mass is 9.50. The van der Waals surface area contributed by atoms with Gasteiger partial charge in [0.1, 0.15) is 22.2 Å². The zero-order chi connectivity index (χ0) is 65.6. The van der Waals surface area contributed by atoms with Crippen LogP contribution in [0.4, 0.5) is 29.1 Å². The van der Waals surface area contributed by atoms with E-state index in [0.29, 0.717) is 68.5 Å². The third-order valence-electron chi connectivity index (χ3n) is 29.4. The summed E-state index contributed by atoms with van der Waals surface area (Å²) in [5, 5.41) is 0. The van der Waals surface area contributed by atoms with Crippen LogP contribution in [0.3, 0.4) is 0 Å². The molecule has 496 valence electrons. The predicted octanol–water partition coefficient (Wildman–Crippen LogP) is 15.3. The highest BCUT2D eigenvalue weighted by atomic mass is 15.4. The van der Waals surface area contributed by atoms with Crippen molar-refractivity contribution in [3.05, 3.63) is 122 Å². The molecule has 5 saturated carbocycles. The first kappa shape index (κ1) is 67.2. The molecule has 15 fully saturated rings. The Morgan fingerprint density at radius 3 is 1.18 bits per heavy atom. The van der Waals surface area contributed by atoms with Gasteiger partial charge in [0, 0.05) is 57.9 Å². The lowest BCUT2D eigenvalue weighted by Gasteiger charge is -2.64. The van der Waals surface area contributed by atoms with Gasteiger partial charge in [-0.1, -0.05) is 78.8 Å². The maximum Gasteiger partial charge on any atom is 0.276 e. The smallest absolute Gasteiger partial charge is 0.256 e. The Bertz CT molecular complexity index is 3330. The van der Waals surface area contributed by atoms with Crippen molar-refractivity contribution in [3.63, 3.8) is 0 Å². The van der Waals surface area contributed by atoms with Gasteiger partial charge in [-0.3, -0.25) is 24.5 Å². The van der Waals surface area contributed by atoms with E-state index in [1.807, 2.05) is 0 Å². The summed E-state index contributed by atoms with van der Waals surface area (Å²) in [6.07, 6.45) is 34.1. The fraction of sp³-hybridized carbons (Fsp3) is 0.691. The Balaban J connectivity index is 0.000000117. The van der Waals surface area contributed by atoms with Crippen LogP contribution in [0.2, 0.25) is 0 Å². The third-order valence-corrected chi connectivity index (χ3v) is 29.4. The van der Waals surface area contributed by atoms with Crippen LogP contribution in [-0.2, 0) is 35.2 Å². The van der Waals surface area contributed by atoms with Crippen LogP contribution in [0.25, 0.3) is 0 Å². The van der Waals surface area contributed by atoms with Gasteiger partial charge in [-0.15, -0.1) is 0 Å². The van der Waals surface area contributed by atoms with E-state index in [4.69, 9.17) is 0 Å². The number of rotatable bonds is 5. The Kier molecular flexibility index (Phi) is 18.3. The molecule has 10 heteroatoms. The second-order valence-corrected chi connectivity index (χ2v) is 34.1. The van der Waals surface area contributed by atoms with Gasteiger partial charge in [-0.25, -0.2) is 22.8 Å². The molecule has 0 N–H and O–H groups in total. The summed E-state index contributed by atoms with van der Waals surface area (Å²) < 4.78 is 11.4. The number of hydrogen-bond acceptors (Lipinski definition) is 5. The molecule has 10 saturated heterocycles. The molecule has 12 unspecified atom stereocenters. The van der Waals surface area contributed by atoms with Gasteiger partial charge in [0.15, 0.2) is 0 Å². The molecule has 5 aliphatic carbocycles. The fourth-order valence-electron chi connectivity index (χ4n) is 21.4. The van der Waals surface area contributed by atoms with Crippen molar-refractivity contribution < 1.29 is 22.8 Å². The van der Waals surface area contributed by atoms with Crippen LogP contribution in [-0.4, -0.2) is 58.4 Å². The minimum atomic E-state index is 0.287. The van der Waals surface area contributed by atoms with Crippen molar-refractivity contribution in [2.24, 2.45) is 80.6 Å². The quantitative estimate of drug-likeness (QED) is 0.164. The number of nitrogens with zero attached hydrogens (tertiary/aromatic N) is 10. The lowest BCUT2D eigenvalue weighted by Crippen LogP contribution is -2.73. The Labute approximate surface area is 554 Å². The summed E-state index contributed by atoms with van der Waals surface area (Å²) >= 11 is 0. The van der Waals surface area contributed by atoms with Gasteiger partial charge in [0.25, 0.3) is 29.1 Å². The molecule has 0 aromatic carbocycles. The van der Waals surface area contributed by atoms with E-state index in [-0.39, 0.29) is 5.54 Å². The highest BCUT2D eigenvalue weighted by Crippen LogP contribution is 2.61. The average Bonchev–Trinajstić information content (AvgIpc) is 0.717. The van der Waals surface area contributed by atoms with Gasteiger partial charge in [-0.05, 0) is 220 Å². The van der Waals surface area contributed by atoms with E-state index in [1.54, 1.807) is 0 Å². The van der Waals surface area contributed by atoms with Gasteiger partial charge in [0.05, 0.1) is 102 Å². The summed E-state index contributed by atoms with van der Waals surface area (Å²) in [6, 6.07) is 36.7. The monoisotopic (exact) mass is 1240 g/mol. The van der Waals surface area contributed by atoms with E-state index >= 15 is 0 Å². The zero-order valence-electron chi connectivity index (χ0n) is 61.3. The molecule has 0 spiro atoms. The second-order valence-electron chi connectivity index (χ2n) is 34.1. The number of pyridine rings is 5. The summed E-state index contributed by atoms with van der Waals surface area (Å²) in [5.41, 5.74) is 3.27. The van der Waals surface area contributed by atoms with Gasteiger partial charge >= 0.3 is 0 Å². The van der Waals surface area contributed by atoms with Gasteiger partial charge in [-0.2, -0.15) is 0 Å². The molecule has 10 nitrogen and oxygen atoms in total. The molecule has 5 aromatic heterocycles. The van der Waals surface area contributed by atoms with Crippen LogP contribution in [0.5, 0.6) is 0 Å². The summed E-state index contributed by atoms with van der Waals surface area (Å²) in [4.78, 5) is 13.5. The van der Waals surface area contributed by atoms with E-state index in [0.717, 1.165) is 29.7 Å². The first-order chi connectivity index (χ1) is 42.9. The van der Waals surface area contributed by atoms with Crippen molar-refractivity contribution in [3.8, 4) is 0 Å². The molecule has 15 aliphatic rings. The number of piperidine rings is 10. The summed E-state index contributed by atoms with van der Waals surface area (Å²) in [5.74, 6) is 10.1. The number of aromatic nitrogens is 5. The molecular formula is C81H127N10+5. The van der Waals surface area contributed by atoms with E-state index in [2.05, 4.69) is 315 Å². The highest BCUT2D eigenvalue weighted by molar-refractivity contribution is 5.47. The first-order valence-electron chi connectivity index (χ1n) is 36.6. The maximum absolute atomic E-state index is 2.72. The molecule has 12 atom stereocenters. The number of anilines is 5. The van der Waals surface area contributed by atoms with Crippen LogP contribution >= 0.6 is 0 Å². The molecule has 20 rings (SSSR count). The van der Waals surface area contributed by atoms with Crippen LogP contribution in [0.1, 0.15) is 220 Å². The number of aryl methyl sites for hydroxylation is 5. The Morgan fingerprint density at radius 1 is 0.341 bits per heavy atom. The van der Waals surface area contributed by atoms with Crippen molar-refractivity contribution in [1.82, 2.24) is 0 Å². The second kappa shape index (κ2) is 24.8. The van der Waals surface area contributed by atoms with E-state index < -0.39 is 0 Å². The van der Waals surface area contributed by atoms with Crippen LogP contribution in [0.15, 0.2) is 122 Å². The van der Waals surface area contributed by atoms with E-state index in [1.165, 1.54) is 138 Å².